The molecule has 4 nitrogen and oxygen atoms in total. The molecule has 1 aromatic heterocycles. The number of nitrogens with one attached hydrogen (secondary N) is 1. The van der Waals surface area contributed by atoms with Crippen LogP contribution in [0.4, 0.5) is 0 Å². The zero-order valence-corrected chi connectivity index (χ0v) is 11.0. The smallest absolute Gasteiger partial charge is 0.307 e. The molecule has 18 heavy (non-hydrogen) atoms. The molecule has 98 valence electrons. The zero-order chi connectivity index (χ0) is 13.0. The van der Waals surface area contributed by atoms with Crippen LogP contribution in [-0.2, 0) is 0 Å². The molecule has 0 unspecified atom stereocenters. The molecule has 0 aromatic carbocycles. The Kier molecular flexibility index (Phi) is 4.18. The lowest BCUT2D eigenvalue weighted by atomic mass is 9.86. The van der Waals surface area contributed by atoms with Gasteiger partial charge in [0.1, 0.15) is 5.76 Å². The molecule has 0 aliphatic heterocycles. The zero-order valence-electron chi connectivity index (χ0n) is 11.0. The summed E-state index contributed by atoms with van der Waals surface area (Å²) in [7, 11) is 0. The number of amides is 1. The number of hydrogen-bond acceptors (Lipinski definition) is 3. The Balaban J connectivity index is 1.86. The van der Waals surface area contributed by atoms with Crippen molar-refractivity contribution in [1.29, 1.82) is 0 Å². The lowest BCUT2D eigenvalue weighted by molar-refractivity contribution is 0.0925. The Morgan fingerprint density at radius 1 is 1.44 bits per heavy atom. The highest BCUT2D eigenvalue weighted by molar-refractivity contribution is 5.93. The van der Waals surface area contributed by atoms with Gasteiger partial charge in [0.15, 0.2) is 5.76 Å². The van der Waals surface area contributed by atoms with Gasteiger partial charge in [0.2, 0.25) is 0 Å². The summed E-state index contributed by atoms with van der Waals surface area (Å²) in [4.78, 5) is 11.7. The van der Waals surface area contributed by atoms with E-state index in [-0.39, 0.29) is 5.91 Å². The number of carbonyl (C=O) groups is 1. The number of furan rings is 1. The highest BCUT2D eigenvalue weighted by atomic mass is 16.3. The third kappa shape index (κ3) is 3.22. The van der Waals surface area contributed by atoms with Crippen LogP contribution in [0.1, 0.15) is 55.3 Å². The summed E-state index contributed by atoms with van der Waals surface area (Å²) in [5.41, 5.74) is 3.66. The SMILES string of the molecule is CCC1CCC(=NNC(=O)c2ccc(C)o2)CC1. The standard InChI is InChI=1S/C14H20N2O2/c1-3-11-5-7-12(8-6-11)15-16-14(17)13-9-4-10(2)18-13/h4,9,11H,3,5-8H2,1-2H3,(H,16,17). The molecular weight excluding hydrogens is 228 g/mol. The number of rotatable bonds is 3. The number of aryl methyl sites for hydroxylation is 1. The van der Waals surface area contributed by atoms with Gasteiger partial charge < -0.3 is 4.42 Å². The average molecular weight is 248 g/mol. The van der Waals surface area contributed by atoms with Crippen LogP contribution in [0.2, 0.25) is 0 Å². The van der Waals surface area contributed by atoms with Crippen LogP contribution in [0.25, 0.3) is 0 Å². The Morgan fingerprint density at radius 3 is 2.72 bits per heavy atom. The third-order valence-electron chi connectivity index (χ3n) is 3.54. The summed E-state index contributed by atoms with van der Waals surface area (Å²) >= 11 is 0. The van der Waals surface area contributed by atoms with Crippen LogP contribution in [0.3, 0.4) is 0 Å². The fourth-order valence-electron chi connectivity index (χ4n) is 2.27. The van der Waals surface area contributed by atoms with E-state index in [1.807, 2.05) is 6.92 Å². The Hall–Kier alpha value is -1.58. The van der Waals surface area contributed by atoms with E-state index in [1.165, 1.54) is 19.3 Å². The van der Waals surface area contributed by atoms with Gasteiger partial charge in [0.25, 0.3) is 0 Å². The van der Waals surface area contributed by atoms with Crippen molar-refractivity contribution in [1.82, 2.24) is 5.43 Å². The number of hydrogen-bond donors (Lipinski definition) is 1. The van der Waals surface area contributed by atoms with Crippen molar-refractivity contribution in [3.05, 3.63) is 23.7 Å². The first-order valence-corrected chi connectivity index (χ1v) is 6.61. The molecule has 1 aliphatic rings. The van der Waals surface area contributed by atoms with E-state index in [0.29, 0.717) is 5.76 Å². The van der Waals surface area contributed by atoms with Gasteiger partial charge in [-0.1, -0.05) is 13.3 Å². The molecule has 0 atom stereocenters. The van der Waals surface area contributed by atoms with Crippen molar-refractivity contribution >= 4 is 11.6 Å². The molecule has 0 saturated heterocycles. The van der Waals surface area contributed by atoms with Gasteiger partial charge in [-0.25, -0.2) is 5.43 Å². The first kappa shape index (κ1) is 12.9. The molecule has 0 radical (unpaired) electrons. The fraction of sp³-hybridized carbons (Fsp3) is 0.571. The van der Waals surface area contributed by atoms with Crippen LogP contribution in [0.15, 0.2) is 21.7 Å². The van der Waals surface area contributed by atoms with E-state index in [9.17, 15) is 4.79 Å². The molecule has 1 fully saturated rings. The average Bonchev–Trinajstić information content (AvgIpc) is 2.83. The van der Waals surface area contributed by atoms with Gasteiger partial charge in [-0.15, -0.1) is 0 Å². The van der Waals surface area contributed by atoms with Crippen LogP contribution in [0, 0.1) is 12.8 Å². The summed E-state index contributed by atoms with van der Waals surface area (Å²) in [5, 5.41) is 4.19. The minimum absolute atomic E-state index is 0.270. The molecule has 0 bridgehead atoms. The topological polar surface area (TPSA) is 54.6 Å². The lowest BCUT2D eigenvalue weighted by Gasteiger charge is -2.21. The molecule has 2 rings (SSSR count). The molecule has 0 spiro atoms. The van der Waals surface area contributed by atoms with Crippen LogP contribution >= 0.6 is 0 Å². The normalized spacial score (nSPS) is 19.7. The van der Waals surface area contributed by atoms with Crippen molar-refractivity contribution in [2.45, 2.75) is 46.0 Å². The van der Waals surface area contributed by atoms with Crippen molar-refractivity contribution in [3.8, 4) is 0 Å². The van der Waals surface area contributed by atoms with E-state index >= 15 is 0 Å². The second-order valence-electron chi connectivity index (χ2n) is 4.88. The Bertz CT molecular complexity index is 438. The first-order chi connectivity index (χ1) is 8.69. The second kappa shape index (κ2) is 5.85. The molecule has 1 aromatic rings. The molecule has 1 aliphatic carbocycles. The highest BCUT2D eigenvalue weighted by Crippen LogP contribution is 2.24. The van der Waals surface area contributed by atoms with Crippen LogP contribution in [0.5, 0.6) is 0 Å². The second-order valence-corrected chi connectivity index (χ2v) is 4.88. The van der Waals surface area contributed by atoms with E-state index in [2.05, 4.69) is 17.5 Å². The van der Waals surface area contributed by atoms with E-state index in [0.717, 1.165) is 30.2 Å². The van der Waals surface area contributed by atoms with Crippen molar-refractivity contribution in [2.24, 2.45) is 11.0 Å². The molecular formula is C14H20N2O2. The fourth-order valence-corrected chi connectivity index (χ4v) is 2.27. The molecule has 1 amide bonds. The predicted octanol–water partition coefficient (Wildman–Crippen LogP) is 3.27. The van der Waals surface area contributed by atoms with Gasteiger partial charge >= 0.3 is 5.91 Å². The highest BCUT2D eigenvalue weighted by Gasteiger charge is 2.16. The van der Waals surface area contributed by atoms with Gasteiger partial charge in [-0.2, -0.15) is 5.10 Å². The van der Waals surface area contributed by atoms with Gasteiger partial charge in [-0.3, -0.25) is 4.79 Å². The van der Waals surface area contributed by atoms with Crippen LogP contribution < -0.4 is 5.43 Å². The molecule has 1 saturated carbocycles. The maximum Gasteiger partial charge on any atom is 0.307 e. The van der Waals surface area contributed by atoms with Crippen molar-refractivity contribution in [2.75, 3.05) is 0 Å². The summed E-state index contributed by atoms with van der Waals surface area (Å²) in [6, 6.07) is 3.44. The monoisotopic (exact) mass is 248 g/mol. The maximum absolute atomic E-state index is 11.7. The quantitative estimate of drug-likeness (QED) is 0.834. The van der Waals surface area contributed by atoms with Crippen molar-refractivity contribution in [3.63, 3.8) is 0 Å². The molecule has 1 N–H and O–H groups in total. The van der Waals surface area contributed by atoms with Gasteiger partial charge in [0, 0.05) is 5.71 Å². The van der Waals surface area contributed by atoms with Gasteiger partial charge in [0.05, 0.1) is 0 Å². The van der Waals surface area contributed by atoms with E-state index in [1.54, 1.807) is 12.1 Å². The number of hydrazone groups is 1. The number of nitrogens with zero attached hydrogens (tertiary/aromatic N) is 1. The largest absolute Gasteiger partial charge is 0.456 e. The minimum atomic E-state index is -0.270. The number of carbonyl (C=O) groups excluding carboxylic acids is 1. The maximum atomic E-state index is 11.7. The summed E-state index contributed by atoms with van der Waals surface area (Å²) in [6.45, 7) is 4.04. The lowest BCUT2D eigenvalue weighted by Crippen LogP contribution is -2.21. The molecule has 4 heteroatoms. The van der Waals surface area contributed by atoms with Gasteiger partial charge in [-0.05, 0) is 50.7 Å². The van der Waals surface area contributed by atoms with Crippen LogP contribution in [-0.4, -0.2) is 11.6 Å². The minimum Gasteiger partial charge on any atom is -0.456 e. The van der Waals surface area contributed by atoms with E-state index in [4.69, 9.17) is 4.42 Å². The summed E-state index contributed by atoms with van der Waals surface area (Å²) < 4.78 is 5.24. The van der Waals surface area contributed by atoms with Crippen molar-refractivity contribution < 1.29 is 9.21 Å². The Labute approximate surface area is 107 Å². The summed E-state index contributed by atoms with van der Waals surface area (Å²) in [6.07, 6.45) is 5.60. The Morgan fingerprint density at radius 2 is 2.17 bits per heavy atom. The molecule has 1 heterocycles. The predicted molar refractivity (Wildman–Crippen MR) is 70.6 cm³/mol. The summed E-state index contributed by atoms with van der Waals surface area (Å²) in [5.74, 6) is 1.61. The first-order valence-electron chi connectivity index (χ1n) is 6.61. The third-order valence-corrected chi connectivity index (χ3v) is 3.54. The van der Waals surface area contributed by atoms with E-state index < -0.39 is 0 Å².